The zero-order chi connectivity index (χ0) is 18.8. The van der Waals surface area contributed by atoms with E-state index >= 15 is 0 Å². The molecule has 3 saturated heterocycles. The van der Waals surface area contributed by atoms with Gasteiger partial charge in [-0.2, -0.15) is 0 Å². The maximum Gasteiger partial charge on any atom is 0.0594 e. The number of hydrogen-bond acceptors (Lipinski definition) is 6. The highest BCUT2D eigenvalue weighted by atomic mass is 16.5. The number of hydrogen-bond donors (Lipinski definition) is 3. The van der Waals surface area contributed by atoms with E-state index in [-0.39, 0.29) is 0 Å². The number of nitrogens with zero attached hydrogens (tertiary/aromatic N) is 1. The molecule has 3 aliphatic heterocycles. The summed E-state index contributed by atoms with van der Waals surface area (Å²) in [6.07, 6.45) is 12.2. The Kier molecular flexibility index (Phi) is 6.53. The van der Waals surface area contributed by atoms with Crippen LogP contribution in [0.2, 0.25) is 0 Å². The van der Waals surface area contributed by atoms with Crippen LogP contribution in [0.25, 0.3) is 0 Å². The van der Waals surface area contributed by atoms with Crippen molar-refractivity contribution >= 4 is 0 Å². The molecule has 4 bridgehead atoms. The summed E-state index contributed by atoms with van der Waals surface area (Å²) in [6, 6.07) is 1.93. The third-order valence-electron chi connectivity index (χ3n) is 8.07. The van der Waals surface area contributed by atoms with Crippen LogP contribution in [0.15, 0.2) is 0 Å². The van der Waals surface area contributed by atoms with Crippen molar-refractivity contribution in [1.29, 1.82) is 0 Å². The minimum atomic E-state index is 0.424. The average Bonchev–Trinajstić information content (AvgIpc) is 3.39. The Balaban J connectivity index is 1.32. The van der Waals surface area contributed by atoms with Crippen LogP contribution >= 0.6 is 0 Å². The molecule has 160 valence electrons. The molecule has 7 unspecified atom stereocenters. The smallest absolute Gasteiger partial charge is 0.0594 e. The molecule has 0 aromatic heterocycles. The van der Waals surface area contributed by atoms with Gasteiger partial charge in [0.1, 0.15) is 0 Å². The maximum atomic E-state index is 6.42. The topological polar surface area (TPSA) is 57.8 Å². The Morgan fingerprint density at radius 1 is 0.750 bits per heavy atom. The van der Waals surface area contributed by atoms with E-state index in [1.807, 2.05) is 0 Å². The molecule has 5 rings (SSSR count). The minimum Gasteiger partial charge on any atom is -0.378 e. The lowest BCUT2D eigenvalue weighted by atomic mass is 9.71. The molecule has 0 amide bonds. The summed E-state index contributed by atoms with van der Waals surface area (Å²) in [6.45, 7) is 6.33. The van der Waals surface area contributed by atoms with Gasteiger partial charge in [0.2, 0.25) is 0 Å². The van der Waals surface area contributed by atoms with E-state index < -0.39 is 0 Å². The average molecular weight is 393 g/mol. The van der Waals surface area contributed by atoms with Crippen LogP contribution in [-0.2, 0) is 9.47 Å². The molecule has 7 atom stereocenters. The highest BCUT2D eigenvalue weighted by Crippen LogP contribution is 2.41. The highest BCUT2D eigenvalue weighted by Gasteiger charge is 2.46. The molecule has 3 N–H and O–H groups in total. The van der Waals surface area contributed by atoms with Gasteiger partial charge in [0.25, 0.3) is 0 Å². The first kappa shape index (κ1) is 19.7. The van der Waals surface area contributed by atoms with Gasteiger partial charge in [0.05, 0.1) is 18.8 Å². The first-order valence-corrected chi connectivity index (χ1v) is 12.1. The van der Waals surface area contributed by atoms with Gasteiger partial charge < -0.3 is 19.7 Å². The summed E-state index contributed by atoms with van der Waals surface area (Å²) in [5.41, 5.74) is 7.42. The van der Waals surface area contributed by atoms with Crippen LogP contribution in [0.1, 0.15) is 57.8 Å². The zero-order valence-electron chi connectivity index (χ0n) is 17.4. The fraction of sp³-hybridized carbons (Fsp3) is 1.00. The molecule has 0 spiro atoms. The summed E-state index contributed by atoms with van der Waals surface area (Å²) in [5, 5.41) is 3.54. The van der Waals surface area contributed by atoms with Crippen molar-refractivity contribution in [1.82, 2.24) is 21.1 Å². The third-order valence-corrected chi connectivity index (χ3v) is 8.07. The number of rotatable bonds is 1. The minimum absolute atomic E-state index is 0.424. The highest BCUT2D eigenvalue weighted by molar-refractivity contribution is 5.01. The van der Waals surface area contributed by atoms with Gasteiger partial charge in [-0.25, -0.2) is 0 Å². The van der Waals surface area contributed by atoms with Gasteiger partial charge in [-0.05, 0) is 89.3 Å². The van der Waals surface area contributed by atoms with Crippen molar-refractivity contribution in [3.05, 3.63) is 0 Å². The van der Waals surface area contributed by atoms with Crippen LogP contribution in [0.3, 0.4) is 0 Å². The lowest BCUT2D eigenvalue weighted by Crippen LogP contribution is -2.49. The van der Waals surface area contributed by atoms with Crippen molar-refractivity contribution in [3.63, 3.8) is 0 Å². The monoisotopic (exact) mass is 392 g/mol. The molecule has 0 aromatic carbocycles. The summed E-state index contributed by atoms with van der Waals surface area (Å²) in [4.78, 5) is 2.77. The van der Waals surface area contributed by atoms with E-state index in [0.29, 0.717) is 42.2 Å². The zero-order valence-corrected chi connectivity index (χ0v) is 17.4. The predicted molar refractivity (Wildman–Crippen MR) is 110 cm³/mol. The number of nitrogens with one attached hydrogen (secondary N) is 3. The molecule has 0 radical (unpaired) electrons. The van der Waals surface area contributed by atoms with Crippen molar-refractivity contribution < 1.29 is 9.47 Å². The summed E-state index contributed by atoms with van der Waals surface area (Å²) in [7, 11) is 0. The summed E-state index contributed by atoms with van der Waals surface area (Å²) in [5.74, 6) is 1.42. The summed E-state index contributed by atoms with van der Waals surface area (Å²) >= 11 is 0. The molecule has 28 heavy (non-hydrogen) atoms. The fourth-order valence-corrected chi connectivity index (χ4v) is 6.65. The molecule has 5 fully saturated rings. The predicted octanol–water partition coefficient (Wildman–Crippen LogP) is 1.66. The van der Waals surface area contributed by atoms with E-state index in [9.17, 15) is 0 Å². The first-order chi connectivity index (χ1) is 13.9. The molecule has 0 aromatic rings. The maximum absolute atomic E-state index is 6.42. The van der Waals surface area contributed by atoms with E-state index in [2.05, 4.69) is 21.1 Å². The second kappa shape index (κ2) is 9.27. The molecule has 2 saturated carbocycles. The van der Waals surface area contributed by atoms with E-state index in [4.69, 9.17) is 9.47 Å². The SMILES string of the molecule is C1CNCCOC2CC(CC(N3CCCC3)C2)C2NNC3CCC(CC32)OC1. The van der Waals surface area contributed by atoms with Crippen molar-refractivity contribution in [2.45, 2.75) is 88.1 Å². The number of likely N-dealkylation sites (tertiary alicyclic amines) is 1. The van der Waals surface area contributed by atoms with Crippen LogP contribution in [0.4, 0.5) is 0 Å². The Hall–Kier alpha value is -0.240. The molecular weight excluding hydrogens is 352 g/mol. The standard InChI is InChI=1S/C22H40N4O2/c1-2-9-26(8-1)17-12-16-13-19(14-17)28-11-7-23-6-3-10-27-18-4-5-21-20(15-18)22(16)25-24-21/h16-25H,1-15H2. The number of ether oxygens (including phenoxy) is 2. The van der Waals surface area contributed by atoms with Gasteiger partial charge in [-0.1, -0.05) is 0 Å². The van der Waals surface area contributed by atoms with E-state index in [1.165, 1.54) is 64.5 Å². The molecule has 6 heteroatoms. The van der Waals surface area contributed by atoms with Gasteiger partial charge in [-0.15, -0.1) is 0 Å². The lowest BCUT2D eigenvalue weighted by molar-refractivity contribution is -0.0275. The van der Waals surface area contributed by atoms with Gasteiger partial charge in [0, 0.05) is 31.3 Å². The number of fused-ring (bicyclic) bond motifs is 4. The lowest BCUT2D eigenvalue weighted by Gasteiger charge is -2.43. The largest absolute Gasteiger partial charge is 0.378 e. The Bertz CT molecular complexity index is 501. The fourth-order valence-electron chi connectivity index (χ4n) is 6.65. The molecule has 3 heterocycles. The van der Waals surface area contributed by atoms with Crippen LogP contribution in [-0.4, -0.2) is 74.6 Å². The quantitative estimate of drug-likeness (QED) is 0.631. The van der Waals surface area contributed by atoms with Crippen LogP contribution < -0.4 is 16.2 Å². The second-order valence-electron chi connectivity index (χ2n) is 9.85. The molecular formula is C22H40N4O2. The van der Waals surface area contributed by atoms with Gasteiger partial charge in [0.15, 0.2) is 0 Å². The second-order valence-corrected chi connectivity index (χ2v) is 9.85. The van der Waals surface area contributed by atoms with E-state index in [0.717, 1.165) is 32.7 Å². The van der Waals surface area contributed by atoms with Crippen molar-refractivity contribution in [3.8, 4) is 0 Å². The first-order valence-electron chi connectivity index (χ1n) is 12.1. The number of hydrazine groups is 1. The summed E-state index contributed by atoms with van der Waals surface area (Å²) < 4.78 is 12.7. The van der Waals surface area contributed by atoms with Gasteiger partial charge >= 0.3 is 0 Å². The van der Waals surface area contributed by atoms with Crippen molar-refractivity contribution in [2.75, 3.05) is 39.4 Å². The van der Waals surface area contributed by atoms with Crippen molar-refractivity contribution in [2.24, 2.45) is 11.8 Å². The Labute approximate surface area is 170 Å². The van der Waals surface area contributed by atoms with Gasteiger partial charge in [-0.3, -0.25) is 10.9 Å². The molecule has 2 aliphatic carbocycles. The molecule has 5 aliphatic rings. The Morgan fingerprint density at radius 2 is 1.64 bits per heavy atom. The van der Waals surface area contributed by atoms with Crippen LogP contribution in [0.5, 0.6) is 0 Å². The van der Waals surface area contributed by atoms with E-state index in [1.54, 1.807) is 0 Å². The molecule has 6 nitrogen and oxygen atoms in total. The Morgan fingerprint density at radius 3 is 2.57 bits per heavy atom. The third kappa shape index (κ3) is 4.42. The normalized spacial score (nSPS) is 46.1. The van der Waals surface area contributed by atoms with Crippen LogP contribution in [0, 0.1) is 11.8 Å².